The highest BCUT2D eigenvalue weighted by atomic mass is 79.9. The number of H-pyrrole nitrogens is 1. The van der Waals surface area contributed by atoms with Gasteiger partial charge in [-0.2, -0.15) is 0 Å². The second kappa shape index (κ2) is 4.74. The number of carboxylic acid groups (broad SMARTS) is 1. The Labute approximate surface area is 134 Å². The number of hydrogen-bond donors (Lipinski definition) is 2. The second-order valence-corrected chi connectivity index (χ2v) is 6.09. The van der Waals surface area contributed by atoms with Gasteiger partial charge in [0.1, 0.15) is 0 Å². The topological polar surface area (TPSA) is 58.0 Å². The van der Waals surface area contributed by atoms with E-state index in [2.05, 4.69) is 39.2 Å². The molecule has 0 radical (unpaired) electrons. The number of benzene rings is 2. The van der Waals surface area contributed by atoms with Crippen LogP contribution in [0.1, 0.15) is 10.4 Å². The number of halogens is 1. The first-order chi connectivity index (χ1) is 10.6. The molecule has 22 heavy (non-hydrogen) atoms. The smallest absolute Gasteiger partial charge is 0.335 e. The third-order valence-corrected chi connectivity index (χ3v) is 4.25. The number of aromatic amines is 1. The lowest BCUT2D eigenvalue weighted by Gasteiger charge is -2.03. The number of hydrogen-bond acceptors (Lipinski definition) is 1. The van der Waals surface area contributed by atoms with Crippen LogP contribution in [0.15, 0.2) is 59.2 Å². The Kier molecular flexibility index (Phi) is 2.84. The molecule has 2 aromatic rings. The highest BCUT2D eigenvalue weighted by Gasteiger charge is 2.14. The molecule has 0 spiro atoms. The fourth-order valence-corrected chi connectivity index (χ4v) is 3.10. The van der Waals surface area contributed by atoms with Crippen LogP contribution in [0.5, 0.6) is 0 Å². The summed E-state index contributed by atoms with van der Waals surface area (Å²) in [5.74, 6) is -0.927. The summed E-state index contributed by atoms with van der Waals surface area (Å²) in [6.45, 7) is 0. The number of aromatic nitrogens is 2. The molecule has 4 nitrogen and oxygen atoms in total. The number of carbonyl (C=O) groups is 1. The van der Waals surface area contributed by atoms with E-state index in [1.54, 1.807) is 18.2 Å². The Balaban J connectivity index is 1.88. The Morgan fingerprint density at radius 1 is 1.14 bits per heavy atom. The van der Waals surface area contributed by atoms with Crippen molar-refractivity contribution in [1.29, 1.82) is 0 Å². The molecule has 0 amide bonds. The normalized spacial score (nSPS) is 11.3. The van der Waals surface area contributed by atoms with E-state index in [1.165, 1.54) is 5.39 Å². The predicted octanol–water partition coefficient (Wildman–Crippen LogP) is 4.52. The SMILES string of the molecule is O=C(O)c1cccc(-n2cc3cc4cc(Br)ccc4c-3[nH]2)c1. The molecular weight excluding hydrogens is 344 g/mol. The van der Waals surface area contributed by atoms with Gasteiger partial charge in [0.2, 0.25) is 0 Å². The summed E-state index contributed by atoms with van der Waals surface area (Å²) in [5.41, 5.74) is 3.20. The van der Waals surface area contributed by atoms with Crippen molar-refractivity contribution in [3.8, 4) is 16.9 Å². The van der Waals surface area contributed by atoms with E-state index in [9.17, 15) is 4.79 Å². The molecule has 0 fully saturated rings. The number of aromatic carboxylic acids is 1. The van der Waals surface area contributed by atoms with E-state index in [1.807, 2.05) is 23.0 Å². The van der Waals surface area contributed by atoms with Gasteiger partial charge in [0.15, 0.2) is 0 Å². The maximum atomic E-state index is 11.1. The molecule has 0 saturated heterocycles. The van der Waals surface area contributed by atoms with Gasteiger partial charge in [0.05, 0.1) is 16.9 Å². The van der Waals surface area contributed by atoms with Crippen LogP contribution in [-0.4, -0.2) is 20.9 Å². The predicted molar refractivity (Wildman–Crippen MR) is 88.9 cm³/mol. The molecule has 5 heteroatoms. The van der Waals surface area contributed by atoms with Gasteiger partial charge in [0, 0.05) is 21.6 Å². The lowest BCUT2D eigenvalue weighted by molar-refractivity contribution is 0.0697. The van der Waals surface area contributed by atoms with Gasteiger partial charge in [-0.15, -0.1) is 0 Å². The molecule has 1 heterocycles. The van der Waals surface area contributed by atoms with Crippen LogP contribution in [0.4, 0.5) is 0 Å². The zero-order chi connectivity index (χ0) is 15.3. The maximum Gasteiger partial charge on any atom is 0.335 e. The van der Waals surface area contributed by atoms with Gasteiger partial charge in [-0.25, -0.2) is 4.79 Å². The molecule has 1 aliphatic carbocycles. The highest BCUT2D eigenvalue weighted by Crippen LogP contribution is 2.35. The van der Waals surface area contributed by atoms with E-state index >= 15 is 0 Å². The maximum absolute atomic E-state index is 11.1. The molecule has 0 saturated carbocycles. The summed E-state index contributed by atoms with van der Waals surface area (Å²) in [4.78, 5) is 11.1. The fraction of sp³-hybridized carbons (Fsp3) is 0. The number of carboxylic acids is 1. The summed E-state index contributed by atoms with van der Waals surface area (Å²) < 4.78 is 2.90. The molecule has 2 N–H and O–H groups in total. The zero-order valence-corrected chi connectivity index (χ0v) is 13.0. The first-order valence-electron chi connectivity index (χ1n) is 6.75. The van der Waals surface area contributed by atoms with Crippen LogP contribution in [0.2, 0.25) is 0 Å². The molecule has 0 atom stereocenters. The Morgan fingerprint density at radius 3 is 2.82 bits per heavy atom. The van der Waals surface area contributed by atoms with Gasteiger partial charge in [-0.1, -0.05) is 28.1 Å². The van der Waals surface area contributed by atoms with E-state index in [0.717, 1.165) is 26.8 Å². The van der Waals surface area contributed by atoms with Crippen molar-refractivity contribution in [2.24, 2.45) is 0 Å². The summed E-state index contributed by atoms with van der Waals surface area (Å²) in [5, 5.41) is 14.7. The van der Waals surface area contributed by atoms with Crippen LogP contribution in [-0.2, 0) is 0 Å². The quantitative estimate of drug-likeness (QED) is 0.555. The number of nitrogens with zero attached hydrogens (tertiary/aromatic N) is 1. The van der Waals surface area contributed by atoms with Gasteiger partial charge < -0.3 is 5.11 Å². The molecule has 108 valence electrons. The Bertz CT molecular complexity index is 983. The minimum absolute atomic E-state index is 0.271. The number of fused-ring (bicyclic) bond motifs is 3. The van der Waals surface area contributed by atoms with E-state index in [-0.39, 0.29) is 5.56 Å². The lowest BCUT2D eigenvalue weighted by Crippen LogP contribution is -2.00. The summed E-state index contributed by atoms with van der Waals surface area (Å²) in [7, 11) is 0. The van der Waals surface area contributed by atoms with Crippen molar-refractivity contribution < 1.29 is 9.90 Å². The zero-order valence-electron chi connectivity index (χ0n) is 11.4. The van der Waals surface area contributed by atoms with E-state index < -0.39 is 5.97 Å². The van der Waals surface area contributed by atoms with Crippen LogP contribution in [0.25, 0.3) is 27.7 Å². The minimum Gasteiger partial charge on any atom is -0.478 e. The van der Waals surface area contributed by atoms with Crippen molar-refractivity contribution in [3.63, 3.8) is 0 Å². The average Bonchev–Trinajstić information content (AvgIpc) is 3.04. The fourth-order valence-electron chi connectivity index (χ4n) is 2.72. The third-order valence-electron chi connectivity index (χ3n) is 3.75. The summed E-state index contributed by atoms with van der Waals surface area (Å²) >= 11 is 3.48. The van der Waals surface area contributed by atoms with Gasteiger partial charge in [0.25, 0.3) is 0 Å². The Hall–Kier alpha value is -2.53. The highest BCUT2D eigenvalue weighted by molar-refractivity contribution is 9.10. The van der Waals surface area contributed by atoms with Crippen molar-refractivity contribution in [2.45, 2.75) is 0 Å². The Morgan fingerprint density at radius 2 is 2.00 bits per heavy atom. The first kappa shape index (κ1) is 13.2. The average molecular weight is 355 g/mol. The molecule has 1 aliphatic heterocycles. The lowest BCUT2D eigenvalue weighted by atomic mass is 10.2. The van der Waals surface area contributed by atoms with Crippen LogP contribution < -0.4 is 0 Å². The van der Waals surface area contributed by atoms with Gasteiger partial charge in [-0.3, -0.25) is 9.78 Å². The van der Waals surface area contributed by atoms with E-state index in [4.69, 9.17) is 5.11 Å². The third kappa shape index (κ3) is 2.02. The number of rotatable bonds is 2. The van der Waals surface area contributed by atoms with Crippen molar-refractivity contribution in [2.75, 3.05) is 0 Å². The molecule has 4 rings (SSSR count). The second-order valence-electron chi connectivity index (χ2n) is 5.17. The van der Waals surface area contributed by atoms with Crippen molar-refractivity contribution in [1.82, 2.24) is 9.78 Å². The molecule has 0 unspecified atom stereocenters. The summed E-state index contributed by atoms with van der Waals surface area (Å²) in [6.07, 6.45) is 1.98. The minimum atomic E-state index is -0.927. The largest absolute Gasteiger partial charge is 0.478 e. The first-order valence-corrected chi connectivity index (χ1v) is 7.54. The van der Waals surface area contributed by atoms with Crippen molar-refractivity contribution >= 4 is 32.7 Å². The van der Waals surface area contributed by atoms with E-state index in [0.29, 0.717) is 0 Å². The van der Waals surface area contributed by atoms with Crippen molar-refractivity contribution in [3.05, 3.63) is 64.8 Å². The summed E-state index contributed by atoms with van der Waals surface area (Å²) in [6, 6.07) is 15.1. The molecule has 2 aliphatic rings. The standard InChI is InChI=1S/C17H11BrN2O2/c18-13-4-5-15-11(7-13)6-12-9-20(19-16(12)15)14-3-1-2-10(8-14)17(21)22/h1-9,19H,(H,21,22). The van der Waals surface area contributed by atoms with Crippen LogP contribution in [0.3, 0.4) is 0 Å². The van der Waals surface area contributed by atoms with Crippen LogP contribution >= 0.6 is 15.9 Å². The van der Waals surface area contributed by atoms with Crippen LogP contribution in [0, 0.1) is 0 Å². The molecule has 2 aromatic carbocycles. The molecular formula is C17H11BrN2O2. The number of nitrogens with one attached hydrogen (secondary N) is 1. The monoisotopic (exact) mass is 354 g/mol. The van der Waals surface area contributed by atoms with Gasteiger partial charge in [-0.05, 0) is 41.8 Å². The molecule has 0 bridgehead atoms. The molecule has 0 aromatic heterocycles. The van der Waals surface area contributed by atoms with Gasteiger partial charge >= 0.3 is 5.97 Å².